The number of nitrogens with one attached hydrogen (secondary N) is 2. The summed E-state index contributed by atoms with van der Waals surface area (Å²) >= 11 is 0. The molecule has 0 radical (unpaired) electrons. The van der Waals surface area contributed by atoms with E-state index in [1.165, 1.54) is 0 Å². The van der Waals surface area contributed by atoms with Gasteiger partial charge in [0.15, 0.2) is 5.88 Å². The molecule has 0 spiro atoms. The van der Waals surface area contributed by atoms with E-state index in [2.05, 4.69) is 49.6 Å². The Labute approximate surface area is 257 Å². The molecule has 3 N–H and O–H groups in total. The summed E-state index contributed by atoms with van der Waals surface area (Å²) in [4.78, 5) is 23.1. The van der Waals surface area contributed by atoms with E-state index in [0.717, 1.165) is 71.1 Å². The third-order valence-electron chi connectivity index (χ3n) is 7.77. The van der Waals surface area contributed by atoms with Gasteiger partial charge in [0, 0.05) is 41.6 Å². The molecule has 6 rings (SSSR count). The maximum Gasteiger partial charge on any atom is 0.273 e. The van der Waals surface area contributed by atoms with Crippen molar-refractivity contribution < 1.29 is 14.6 Å². The van der Waals surface area contributed by atoms with Crippen molar-refractivity contribution in [2.45, 2.75) is 39.7 Å². The molecule has 1 aliphatic rings. The predicted octanol–water partition coefficient (Wildman–Crippen LogP) is 6.56. The molecule has 0 bridgehead atoms. The maximum atomic E-state index is 13.0. The second-order valence-electron chi connectivity index (χ2n) is 12.2. The molecule has 44 heavy (non-hydrogen) atoms. The van der Waals surface area contributed by atoms with Crippen LogP contribution >= 0.6 is 0 Å². The number of carbonyl (C=O) groups is 1. The zero-order chi connectivity index (χ0) is 30.8. The van der Waals surface area contributed by atoms with Crippen LogP contribution in [0.25, 0.3) is 10.9 Å². The van der Waals surface area contributed by atoms with Crippen molar-refractivity contribution in [2.24, 2.45) is 4.99 Å². The van der Waals surface area contributed by atoms with E-state index in [1.807, 2.05) is 76.2 Å². The van der Waals surface area contributed by atoms with Gasteiger partial charge in [-0.2, -0.15) is 5.10 Å². The average Bonchev–Trinajstić information content (AvgIpc) is 3.57. The van der Waals surface area contributed by atoms with Gasteiger partial charge in [-0.3, -0.25) is 14.5 Å². The van der Waals surface area contributed by atoms with Crippen LogP contribution in [0.4, 0.5) is 17.1 Å². The fourth-order valence-corrected chi connectivity index (χ4v) is 5.51. The summed E-state index contributed by atoms with van der Waals surface area (Å²) in [5.74, 6) is -0.0952. The number of ether oxygens (including phenoxy) is 1. The van der Waals surface area contributed by atoms with E-state index in [1.54, 1.807) is 10.9 Å². The Morgan fingerprint density at radius 1 is 1.02 bits per heavy atom. The quantitative estimate of drug-likeness (QED) is 0.186. The number of benzene rings is 3. The number of aromatic nitrogens is 3. The Morgan fingerprint density at radius 3 is 2.43 bits per heavy atom. The van der Waals surface area contributed by atoms with Gasteiger partial charge in [0.2, 0.25) is 0 Å². The number of hydrogen-bond acceptors (Lipinski definition) is 6. The Morgan fingerprint density at radius 2 is 1.73 bits per heavy atom. The van der Waals surface area contributed by atoms with Gasteiger partial charge in [0.05, 0.1) is 35.7 Å². The highest BCUT2D eigenvalue weighted by molar-refractivity contribution is 6.03. The minimum Gasteiger partial charge on any atom is -0.494 e. The minimum absolute atomic E-state index is 0.0916. The number of aromatic amines is 1. The van der Waals surface area contributed by atoms with Gasteiger partial charge >= 0.3 is 0 Å². The molecule has 5 aromatic rings. The molecule has 9 nitrogen and oxygen atoms in total. The first-order chi connectivity index (χ1) is 21.1. The number of rotatable bonds is 7. The summed E-state index contributed by atoms with van der Waals surface area (Å²) in [5, 5.41) is 19.1. The van der Waals surface area contributed by atoms with Crippen LogP contribution in [0.5, 0.6) is 5.88 Å². The Bertz CT molecular complexity index is 1800. The van der Waals surface area contributed by atoms with E-state index in [-0.39, 0.29) is 17.3 Å². The Hall–Kier alpha value is -4.89. The second-order valence-corrected chi connectivity index (χ2v) is 12.2. The van der Waals surface area contributed by atoms with Gasteiger partial charge in [-0.15, -0.1) is 0 Å². The minimum atomic E-state index is -0.303. The SMILES string of the molecule is Cc1cc(C(=O)Nc2ccc(Cc3ccc4[nH]c(O)c(C=Nc5ccc(N6CCOCC6)cc5)c4c3)cc2)n(C(C)(C)C)n1. The molecule has 1 aliphatic heterocycles. The number of H-pyrrole nitrogens is 1. The average molecular weight is 591 g/mol. The van der Waals surface area contributed by atoms with Gasteiger partial charge < -0.3 is 25.0 Å². The number of anilines is 2. The number of carbonyl (C=O) groups excluding carboxylic acids is 1. The lowest BCUT2D eigenvalue weighted by Crippen LogP contribution is -2.36. The van der Waals surface area contributed by atoms with E-state index >= 15 is 0 Å². The van der Waals surface area contributed by atoms with Crippen molar-refractivity contribution in [1.29, 1.82) is 0 Å². The molecular formula is C35H38N6O3. The van der Waals surface area contributed by atoms with Crippen LogP contribution in [0.1, 0.15) is 53.6 Å². The molecule has 3 aromatic carbocycles. The van der Waals surface area contributed by atoms with E-state index in [0.29, 0.717) is 17.7 Å². The van der Waals surface area contributed by atoms with Gasteiger partial charge in [0.1, 0.15) is 5.69 Å². The third-order valence-corrected chi connectivity index (χ3v) is 7.77. The second kappa shape index (κ2) is 12.0. The fourth-order valence-electron chi connectivity index (χ4n) is 5.51. The highest BCUT2D eigenvalue weighted by Crippen LogP contribution is 2.29. The van der Waals surface area contributed by atoms with Crippen LogP contribution < -0.4 is 10.2 Å². The van der Waals surface area contributed by atoms with Gasteiger partial charge in [-0.1, -0.05) is 18.2 Å². The summed E-state index contributed by atoms with van der Waals surface area (Å²) in [6.45, 7) is 11.2. The number of amides is 1. The summed E-state index contributed by atoms with van der Waals surface area (Å²) in [7, 11) is 0. The van der Waals surface area contributed by atoms with Crippen LogP contribution in [0.15, 0.2) is 77.8 Å². The van der Waals surface area contributed by atoms with Crippen molar-refractivity contribution in [3.05, 3.63) is 101 Å². The summed E-state index contributed by atoms with van der Waals surface area (Å²) in [5.41, 5.74) is 7.44. The molecule has 0 saturated carbocycles. The number of aryl methyl sites for hydroxylation is 1. The monoisotopic (exact) mass is 590 g/mol. The van der Waals surface area contributed by atoms with Gasteiger partial charge in [0.25, 0.3) is 5.91 Å². The number of aliphatic imine (C=N–C) groups is 1. The highest BCUT2D eigenvalue weighted by Gasteiger charge is 2.23. The molecule has 9 heteroatoms. The Balaban J connectivity index is 1.14. The van der Waals surface area contributed by atoms with E-state index < -0.39 is 0 Å². The van der Waals surface area contributed by atoms with Gasteiger partial charge in [-0.05, 0) is 99.8 Å². The molecule has 1 saturated heterocycles. The molecule has 2 aromatic heterocycles. The van der Waals surface area contributed by atoms with Crippen LogP contribution in [-0.2, 0) is 16.7 Å². The maximum absolute atomic E-state index is 13.0. The number of hydrogen-bond donors (Lipinski definition) is 3. The fraction of sp³-hybridized carbons (Fsp3) is 0.286. The van der Waals surface area contributed by atoms with Crippen LogP contribution in [0, 0.1) is 6.92 Å². The van der Waals surface area contributed by atoms with Crippen LogP contribution in [0.2, 0.25) is 0 Å². The van der Waals surface area contributed by atoms with Crippen LogP contribution in [-0.4, -0.2) is 58.3 Å². The number of nitrogens with zero attached hydrogens (tertiary/aromatic N) is 4. The van der Waals surface area contributed by atoms with Gasteiger partial charge in [-0.25, -0.2) is 0 Å². The topological polar surface area (TPSA) is 108 Å². The number of morpholine rings is 1. The zero-order valence-corrected chi connectivity index (χ0v) is 25.6. The number of aromatic hydroxyl groups is 1. The summed E-state index contributed by atoms with van der Waals surface area (Å²) in [6.07, 6.45) is 2.41. The molecular weight excluding hydrogens is 552 g/mol. The van der Waals surface area contributed by atoms with E-state index in [9.17, 15) is 9.90 Å². The molecule has 226 valence electrons. The standard InChI is InChI=1S/C35H38N6O3/c1-23-19-32(41(39-23)35(2,3)4)34(43)37-27-8-5-24(6-9-27)20-25-7-14-31-29(21-25)30(33(42)38-31)22-36-26-10-12-28(13-11-26)40-15-17-44-18-16-40/h5-14,19,21-22,38,42H,15-18,20H2,1-4H3,(H,37,43). The van der Waals surface area contributed by atoms with Crippen molar-refractivity contribution >= 4 is 40.1 Å². The third kappa shape index (κ3) is 6.38. The highest BCUT2D eigenvalue weighted by atomic mass is 16.5. The lowest BCUT2D eigenvalue weighted by atomic mass is 10.0. The first kappa shape index (κ1) is 29.2. The molecule has 0 atom stereocenters. The van der Waals surface area contributed by atoms with Crippen molar-refractivity contribution in [1.82, 2.24) is 14.8 Å². The number of fused-ring (bicyclic) bond motifs is 1. The lowest BCUT2D eigenvalue weighted by molar-refractivity contribution is 0.100. The summed E-state index contributed by atoms with van der Waals surface area (Å²) in [6, 6.07) is 23.9. The molecule has 3 heterocycles. The largest absolute Gasteiger partial charge is 0.494 e. The lowest BCUT2D eigenvalue weighted by Gasteiger charge is -2.28. The normalized spacial score (nSPS) is 14.0. The zero-order valence-electron chi connectivity index (χ0n) is 25.6. The van der Waals surface area contributed by atoms with Crippen molar-refractivity contribution in [3.8, 4) is 5.88 Å². The molecule has 0 unspecified atom stereocenters. The van der Waals surface area contributed by atoms with E-state index in [4.69, 9.17) is 4.74 Å². The van der Waals surface area contributed by atoms with Crippen LogP contribution in [0.3, 0.4) is 0 Å². The van der Waals surface area contributed by atoms with Crippen molar-refractivity contribution in [2.75, 3.05) is 36.5 Å². The summed E-state index contributed by atoms with van der Waals surface area (Å²) < 4.78 is 7.21. The molecule has 0 aliphatic carbocycles. The predicted molar refractivity (Wildman–Crippen MR) is 176 cm³/mol. The Kier molecular flexibility index (Phi) is 7.97. The molecule has 1 fully saturated rings. The first-order valence-corrected chi connectivity index (χ1v) is 14.9. The smallest absolute Gasteiger partial charge is 0.273 e. The molecule has 1 amide bonds. The first-order valence-electron chi connectivity index (χ1n) is 14.9. The van der Waals surface area contributed by atoms with Crippen molar-refractivity contribution in [3.63, 3.8) is 0 Å².